The zero-order chi connectivity index (χ0) is 19.1. The zero-order valence-corrected chi connectivity index (χ0v) is 17.9. The second kappa shape index (κ2) is 10.5. The molecule has 1 aromatic rings. The monoisotopic (exact) mass is 414 g/mol. The van der Waals surface area contributed by atoms with Gasteiger partial charge < -0.3 is 9.62 Å². The molecular formula is C19H27ClN2O2S2. The van der Waals surface area contributed by atoms with E-state index < -0.39 is 0 Å². The van der Waals surface area contributed by atoms with Crippen LogP contribution in [0.2, 0.25) is 5.02 Å². The van der Waals surface area contributed by atoms with E-state index >= 15 is 0 Å². The maximum atomic E-state index is 13.1. The molecule has 7 heteroatoms. The number of carbonyl (C=O) groups excluding carboxylic acids is 2. The first-order chi connectivity index (χ1) is 12.4. The summed E-state index contributed by atoms with van der Waals surface area (Å²) in [6, 6.07) is 7.82. The molecule has 0 radical (unpaired) electrons. The summed E-state index contributed by atoms with van der Waals surface area (Å²) in [7, 11) is 0. The lowest BCUT2D eigenvalue weighted by Crippen LogP contribution is -2.45. The first-order valence-corrected chi connectivity index (χ1v) is 11.6. The molecule has 4 nitrogen and oxygen atoms in total. The van der Waals surface area contributed by atoms with Crippen LogP contribution in [0.25, 0.3) is 0 Å². The molecule has 1 N–H and O–H groups in total. The summed E-state index contributed by atoms with van der Waals surface area (Å²) in [6.45, 7) is 5.03. The van der Waals surface area contributed by atoms with Gasteiger partial charge in [-0.2, -0.15) is 11.8 Å². The van der Waals surface area contributed by atoms with Gasteiger partial charge in [-0.15, -0.1) is 0 Å². The first-order valence-electron chi connectivity index (χ1n) is 8.91. The van der Waals surface area contributed by atoms with E-state index in [1.165, 1.54) is 11.9 Å². The molecule has 144 valence electrons. The number of hydrogen-bond acceptors (Lipinski definition) is 4. The predicted octanol–water partition coefficient (Wildman–Crippen LogP) is 4.55. The van der Waals surface area contributed by atoms with Crippen LogP contribution in [0.5, 0.6) is 0 Å². The maximum Gasteiger partial charge on any atom is 0.230 e. The Morgan fingerprint density at radius 2 is 2.00 bits per heavy atom. The number of thioether (sulfide) groups is 1. The number of likely N-dealkylation sites (tertiary alicyclic amines) is 1. The second-order valence-electron chi connectivity index (χ2n) is 6.73. The Kier molecular flexibility index (Phi) is 8.64. The number of nitrogens with zero attached hydrogens (tertiary/aromatic N) is 1. The molecule has 1 aliphatic rings. The number of amides is 2. The van der Waals surface area contributed by atoms with Crippen LogP contribution in [-0.4, -0.2) is 40.5 Å². The summed E-state index contributed by atoms with van der Waals surface area (Å²) in [4.78, 5) is 27.0. The Morgan fingerprint density at radius 1 is 1.31 bits per heavy atom. The first kappa shape index (κ1) is 21.5. The number of hydrogen-bond donors (Lipinski definition) is 1. The van der Waals surface area contributed by atoms with Gasteiger partial charge in [-0.3, -0.25) is 9.59 Å². The third kappa shape index (κ3) is 6.10. The zero-order valence-electron chi connectivity index (χ0n) is 15.5. The highest BCUT2D eigenvalue weighted by Crippen LogP contribution is 2.36. The van der Waals surface area contributed by atoms with Gasteiger partial charge >= 0.3 is 0 Å². The van der Waals surface area contributed by atoms with Gasteiger partial charge in [0.2, 0.25) is 11.8 Å². The van der Waals surface area contributed by atoms with E-state index in [2.05, 4.69) is 18.6 Å². The van der Waals surface area contributed by atoms with E-state index in [9.17, 15) is 9.59 Å². The molecule has 0 aromatic heterocycles. The highest BCUT2D eigenvalue weighted by molar-refractivity contribution is 7.99. The molecular weight excluding hydrogens is 388 g/mol. The molecule has 1 heterocycles. The molecule has 2 amide bonds. The van der Waals surface area contributed by atoms with Gasteiger partial charge in [0.05, 0.1) is 6.04 Å². The molecule has 0 aliphatic carbocycles. The number of nitrogens with one attached hydrogen (secondary N) is 1. The minimum absolute atomic E-state index is 0.0624. The number of halogens is 1. The van der Waals surface area contributed by atoms with Crippen molar-refractivity contribution in [1.82, 2.24) is 9.62 Å². The molecule has 1 fully saturated rings. The van der Waals surface area contributed by atoms with E-state index in [1.807, 2.05) is 47.2 Å². The molecule has 0 saturated carbocycles. The van der Waals surface area contributed by atoms with Gasteiger partial charge in [0.15, 0.2) is 0 Å². The van der Waals surface area contributed by atoms with E-state index in [-0.39, 0.29) is 30.2 Å². The van der Waals surface area contributed by atoms with Crippen LogP contribution in [0.3, 0.4) is 0 Å². The summed E-state index contributed by atoms with van der Waals surface area (Å²) < 4.78 is 2.72. The number of benzene rings is 1. The smallest absolute Gasteiger partial charge is 0.230 e. The van der Waals surface area contributed by atoms with Gasteiger partial charge in [-0.05, 0) is 35.8 Å². The molecule has 26 heavy (non-hydrogen) atoms. The van der Waals surface area contributed by atoms with Crippen molar-refractivity contribution >= 4 is 47.1 Å². The van der Waals surface area contributed by atoms with E-state index in [0.717, 1.165) is 24.2 Å². The fourth-order valence-corrected chi connectivity index (χ4v) is 4.49. The topological polar surface area (TPSA) is 49.4 Å². The highest BCUT2D eigenvalue weighted by Gasteiger charge is 2.36. The van der Waals surface area contributed by atoms with Crippen LogP contribution in [0.1, 0.15) is 44.7 Å². The average molecular weight is 415 g/mol. The van der Waals surface area contributed by atoms with E-state index in [4.69, 9.17) is 11.6 Å². The summed E-state index contributed by atoms with van der Waals surface area (Å²) in [6.07, 6.45) is 3.69. The summed E-state index contributed by atoms with van der Waals surface area (Å²) >= 11 is 9.14. The lowest BCUT2D eigenvalue weighted by molar-refractivity contribution is -0.144. The lowest BCUT2D eigenvalue weighted by Gasteiger charge is -2.39. The Hall–Kier alpha value is -0.850. The fourth-order valence-electron chi connectivity index (χ4n) is 3.28. The Bertz CT molecular complexity index is 610. The van der Waals surface area contributed by atoms with Crippen LogP contribution < -0.4 is 4.72 Å². The van der Waals surface area contributed by atoms with Crippen LogP contribution in [0.15, 0.2) is 24.3 Å². The Labute approximate surface area is 169 Å². The average Bonchev–Trinajstić information content (AvgIpc) is 2.59. The molecule has 1 saturated heterocycles. The van der Waals surface area contributed by atoms with Crippen LogP contribution in [-0.2, 0) is 9.59 Å². The van der Waals surface area contributed by atoms with Crippen molar-refractivity contribution in [1.29, 1.82) is 0 Å². The van der Waals surface area contributed by atoms with Gasteiger partial charge in [-0.25, -0.2) is 0 Å². The van der Waals surface area contributed by atoms with Crippen LogP contribution >= 0.6 is 35.3 Å². The van der Waals surface area contributed by atoms with Crippen molar-refractivity contribution in [3.8, 4) is 0 Å². The van der Waals surface area contributed by atoms with Gasteiger partial charge in [0.25, 0.3) is 0 Å². The van der Waals surface area contributed by atoms with Crippen molar-refractivity contribution < 1.29 is 9.59 Å². The third-order valence-electron chi connectivity index (χ3n) is 4.48. The number of rotatable bonds is 8. The SMILES string of the molecule is CSNC(=O)C[C@H]1CCC(c2ccc(Cl)cc2)N(CCSC(C)C)C1=O. The minimum atomic E-state index is -0.227. The van der Waals surface area contributed by atoms with Gasteiger partial charge in [0.1, 0.15) is 0 Å². The van der Waals surface area contributed by atoms with Crippen molar-refractivity contribution in [2.75, 3.05) is 18.6 Å². The molecule has 1 aromatic carbocycles. The van der Waals surface area contributed by atoms with Gasteiger partial charge in [0, 0.05) is 35.9 Å². The third-order valence-corrected chi connectivity index (χ3v) is 6.25. The van der Waals surface area contributed by atoms with Crippen molar-refractivity contribution in [2.24, 2.45) is 5.92 Å². The second-order valence-corrected chi connectivity index (χ2v) is 9.46. The van der Waals surface area contributed by atoms with E-state index in [0.29, 0.717) is 16.8 Å². The summed E-state index contributed by atoms with van der Waals surface area (Å²) in [5, 5.41) is 1.23. The molecule has 1 aliphatic heterocycles. The molecule has 2 atom stereocenters. The number of carbonyl (C=O) groups is 2. The minimum Gasteiger partial charge on any atom is -0.335 e. The van der Waals surface area contributed by atoms with Gasteiger partial charge in [-0.1, -0.05) is 49.5 Å². The van der Waals surface area contributed by atoms with Crippen LogP contribution in [0.4, 0.5) is 0 Å². The lowest BCUT2D eigenvalue weighted by atomic mass is 9.86. The fraction of sp³-hybridized carbons (Fsp3) is 0.579. The highest BCUT2D eigenvalue weighted by atomic mass is 35.5. The number of piperidine rings is 1. The van der Waals surface area contributed by atoms with Crippen molar-refractivity contribution in [3.05, 3.63) is 34.9 Å². The van der Waals surface area contributed by atoms with Crippen molar-refractivity contribution in [2.45, 2.75) is 44.4 Å². The largest absolute Gasteiger partial charge is 0.335 e. The quantitative estimate of drug-likeness (QED) is 0.634. The molecule has 0 bridgehead atoms. The molecule has 1 unspecified atom stereocenters. The predicted molar refractivity (Wildman–Crippen MR) is 112 cm³/mol. The summed E-state index contributed by atoms with van der Waals surface area (Å²) in [5.74, 6) is 0.695. The Balaban J connectivity index is 2.13. The maximum absolute atomic E-state index is 13.1. The standard InChI is InChI=1S/C19H27ClN2O2S2/c1-13(2)26-11-10-22-17(14-4-7-16(20)8-5-14)9-6-15(19(22)24)12-18(23)21-25-3/h4-5,7-8,13,15,17H,6,9-12H2,1-3H3,(H,21,23)/t15-,17?/m1/s1. The normalized spacial score (nSPS) is 20.5. The molecule has 0 spiro atoms. The van der Waals surface area contributed by atoms with E-state index in [1.54, 1.807) is 0 Å². The Morgan fingerprint density at radius 3 is 2.62 bits per heavy atom. The van der Waals surface area contributed by atoms with Crippen LogP contribution in [0, 0.1) is 5.92 Å². The summed E-state index contributed by atoms with van der Waals surface area (Å²) in [5.41, 5.74) is 1.12. The molecule has 2 rings (SSSR count). The van der Waals surface area contributed by atoms with Crippen molar-refractivity contribution in [3.63, 3.8) is 0 Å².